The van der Waals surface area contributed by atoms with Gasteiger partial charge in [-0.2, -0.15) is 0 Å². The van der Waals surface area contributed by atoms with Crippen LogP contribution in [0.2, 0.25) is 0 Å². The lowest BCUT2D eigenvalue weighted by Crippen LogP contribution is -2.11. The van der Waals surface area contributed by atoms with Gasteiger partial charge < -0.3 is 0 Å². The zero-order chi connectivity index (χ0) is 16.2. The summed E-state index contributed by atoms with van der Waals surface area (Å²) in [7, 11) is 0. The second-order valence-corrected chi connectivity index (χ2v) is 7.84. The molecule has 0 saturated carbocycles. The first-order chi connectivity index (χ1) is 11.1. The van der Waals surface area contributed by atoms with Crippen LogP contribution in [0.15, 0.2) is 63.7 Å². The van der Waals surface area contributed by atoms with Crippen molar-refractivity contribution in [3.05, 3.63) is 79.7 Å². The molecule has 0 fully saturated rings. The predicted molar refractivity (Wildman–Crippen MR) is 101 cm³/mol. The van der Waals surface area contributed by atoms with Gasteiger partial charge in [0.1, 0.15) is 0 Å². The molecule has 0 aliphatic heterocycles. The number of thiazole rings is 1. The molecule has 0 spiro atoms. The van der Waals surface area contributed by atoms with E-state index in [9.17, 15) is 4.79 Å². The van der Waals surface area contributed by atoms with E-state index in [1.54, 1.807) is 12.1 Å². The van der Waals surface area contributed by atoms with Gasteiger partial charge in [-0.3, -0.25) is 10.1 Å². The van der Waals surface area contributed by atoms with Gasteiger partial charge in [0.05, 0.1) is 0 Å². The predicted octanol–water partition coefficient (Wildman–Crippen LogP) is 5.51. The fourth-order valence-corrected chi connectivity index (χ4v) is 3.39. The molecule has 3 aromatic rings. The molecule has 1 aromatic heterocycles. The minimum Gasteiger partial charge on any atom is -0.298 e. The van der Waals surface area contributed by atoms with E-state index in [0.29, 0.717) is 10.7 Å². The van der Waals surface area contributed by atoms with Crippen LogP contribution in [0.5, 0.6) is 0 Å². The summed E-state index contributed by atoms with van der Waals surface area (Å²) in [4.78, 5) is 17.6. The maximum Gasteiger partial charge on any atom is 0.257 e. The molecule has 0 atom stereocenters. The fraction of sp³-hybridized carbons (Fsp3) is 0.0588. The van der Waals surface area contributed by atoms with E-state index >= 15 is 0 Å². The molecule has 2 aromatic carbocycles. The number of nitrogens with one attached hydrogen (secondary N) is 1. The lowest BCUT2D eigenvalue weighted by atomic mass is 10.1. The summed E-state index contributed by atoms with van der Waals surface area (Å²) >= 11 is 8.28. The lowest BCUT2D eigenvalue weighted by Gasteiger charge is -2.01. The van der Waals surface area contributed by atoms with Gasteiger partial charge in [0.15, 0.2) is 5.13 Å². The van der Waals surface area contributed by atoms with Gasteiger partial charge in [-0.05, 0) is 42.0 Å². The van der Waals surface area contributed by atoms with Crippen LogP contribution in [-0.4, -0.2) is 10.9 Å². The van der Waals surface area contributed by atoms with Crippen LogP contribution in [0, 0.1) is 0 Å². The molecule has 1 heterocycles. The first-order valence-electron chi connectivity index (χ1n) is 6.86. The van der Waals surface area contributed by atoms with Crippen molar-refractivity contribution in [2.75, 3.05) is 5.32 Å². The molecule has 0 bridgehead atoms. The van der Waals surface area contributed by atoms with Crippen molar-refractivity contribution in [2.24, 2.45) is 0 Å². The van der Waals surface area contributed by atoms with E-state index < -0.39 is 0 Å². The first-order valence-corrected chi connectivity index (χ1v) is 9.26. The molecule has 6 heteroatoms. The number of anilines is 1. The lowest BCUT2D eigenvalue weighted by molar-refractivity contribution is 0.102. The van der Waals surface area contributed by atoms with Gasteiger partial charge in [-0.15, -0.1) is 11.3 Å². The Morgan fingerprint density at radius 3 is 2.26 bits per heavy atom. The number of nitrogens with zero attached hydrogens (tertiary/aromatic N) is 1. The Kier molecular flexibility index (Phi) is 5.25. The van der Waals surface area contributed by atoms with Crippen molar-refractivity contribution in [3.8, 4) is 0 Å². The highest BCUT2D eigenvalue weighted by Gasteiger charge is 2.09. The first kappa shape index (κ1) is 16.4. The molecular formula is C17H12Br2N2OS. The third-order valence-electron chi connectivity index (χ3n) is 3.17. The third-order valence-corrected chi connectivity index (χ3v) is 5.14. The van der Waals surface area contributed by atoms with Crippen LogP contribution in [-0.2, 0) is 6.42 Å². The maximum atomic E-state index is 12.2. The monoisotopic (exact) mass is 450 g/mol. The Morgan fingerprint density at radius 2 is 1.61 bits per heavy atom. The van der Waals surface area contributed by atoms with Gasteiger partial charge in [0, 0.05) is 32.0 Å². The van der Waals surface area contributed by atoms with E-state index in [-0.39, 0.29) is 5.91 Å². The largest absolute Gasteiger partial charge is 0.298 e. The zero-order valence-corrected chi connectivity index (χ0v) is 15.9. The molecule has 116 valence electrons. The summed E-state index contributed by atoms with van der Waals surface area (Å²) in [5, 5.41) is 3.45. The van der Waals surface area contributed by atoms with Crippen molar-refractivity contribution in [1.82, 2.24) is 4.98 Å². The number of amides is 1. The van der Waals surface area contributed by atoms with E-state index in [1.165, 1.54) is 16.9 Å². The van der Waals surface area contributed by atoms with Crippen molar-refractivity contribution in [1.29, 1.82) is 0 Å². The Labute approximate surface area is 155 Å². The van der Waals surface area contributed by atoms with E-state index in [0.717, 1.165) is 20.2 Å². The summed E-state index contributed by atoms with van der Waals surface area (Å²) in [6.45, 7) is 0. The summed E-state index contributed by atoms with van der Waals surface area (Å²) < 4.78 is 2.01. The van der Waals surface area contributed by atoms with Crippen LogP contribution >= 0.6 is 43.2 Å². The molecule has 3 rings (SSSR count). The van der Waals surface area contributed by atoms with Crippen LogP contribution in [0.3, 0.4) is 0 Å². The minimum atomic E-state index is -0.151. The normalized spacial score (nSPS) is 10.5. The number of aromatic nitrogens is 1. The average molecular weight is 452 g/mol. The average Bonchev–Trinajstić information content (AvgIpc) is 2.97. The molecule has 0 saturated heterocycles. The summed E-state index contributed by atoms with van der Waals surface area (Å²) in [6, 6.07) is 15.4. The molecule has 3 nitrogen and oxygen atoms in total. The molecule has 1 N–H and O–H groups in total. The fourth-order valence-electron chi connectivity index (χ4n) is 2.02. The van der Waals surface area contributed by atoms with Gasteiger partial charge in [-0.1, -0.05) is 44.0 Å². The second kappa shape index (κ2) is 7.38. The summed E-state index contributed by atoms with van der Waals surface area (Å²) in [5.41, 5.74) is 1.82. The van der Waals surface area contributed by atoms with Crippen LogP contribution in [0.1, 0.15) is 20.8 Å². The summed E-state index contributed by atoms with van der Waals surface area (Å²) in [5.74, 6) is -0.151. The number of benzene rings is 2. The zero-order valence-electron chi connectivity index (χ0n) is 11.9. The number of rotatable bonds is 4. The van der Waals surface area contributed by atoms with Gasteiger partial charge in [-0.25, -0.2) is 4.98 Å². The summed E-state index contributed by atoms with van der Waals surface area (Å²) in [6.07, 6.45) is 2.61. The number of hydrogen-bond acceptors (Lipinski definition) is 3. The minimum absolute atomic E-state index is 0.151. The number of hydrogen-bond donors (Lipinski definition) is 1. The molecule has 1 amide bonds. The Bertz CT molecular complexity index is 813. The van der Waals surface area contributed by atoms with Crippen LogP contribution in [0.25, 0.3) is 0 Å². The standard InChI is InChI=1S/C17H12Br2N2OS/c18-13-5-1-11(2-6-13)9-15-10-20-17(23-15)21-16(22)12-3-7-14(19)8-4-12/h1-8,10H,9H2,(H,20,21,22). The molecular weight excluding hydrogens is 440 g/mol. The Balaban J connectivity index is 1.66. The van der Waals surface area contributed by atoms with Gasteiger partial charge >= 0.3 is 0 Å². The van der Waals surface area contributed by atoms with Crippen molar-refractivity contribution >= 4 is 54.2 Å². The number of halogens is 2. The quantitative estimate of drug-likeness (QED) is 0.568. The number of carbonyl (C=O) groups is 1. The Morgan fingerprint density at radius 1 is 1.00 bits per heavy atom. The highest BCUT2D eigenvalue weighted by Crippen LogP contribution is 2.23. The second-order valence-electron chi connectivity index (χ2n) is 4.90. The molecule has 0 unspecified atom stereocenters. The topological polar surface area (TPSA) is 42.0 Å². The number of carbonyl (C=O) groups excluding carboxylic acids is 1. The molecule has 0 aliphatic rings. The maximum absolute atomic E-state index is 12.2. The van der Waals surface area contributed by atoms with Gasteiger partial charge in [0.25, 0.3) is 5.91 Å². The highest BCUT2D eigenvalue weighted by molar-refractivity contribution is 9.10. The van der Waals surface area contributed by atoms with E-state index in [1.807, 2.05) is 30.5 Å². The SMILES string of the molecule is O=C(Nc1ncc(Cc2ccc(Br)cc2)s1)c1ccc(Br)cc1. The van der Waals surface area contributed by atoms with E-state index in [2.05, 4.69) is 54.3 Å². The smallest absolute Gasteiger partial charge is 0.257 e. The third kappa shape index (κ3) is 4.50. The molecule has 0 aliphatic carbocycles. The van der Waals surface area contributed by atoms with Gasteiger partial charge in [0.2, 0.25) is 0 Å². The van der Waals surface area contributed by atoms with Crippen LogP contribution < -0.4 is 5.32 Å². The van der Waals surface area contributed by atoms with Crippen molar-refractivity contribution in [3.63, 3.8) is 0 Å². The van der Waals surface area contributed by atoms with Crippen molar-refractivity contribution < 1.29 is 4.79 Å². The Hall–Kier alpha value is -1.50. The molecule has 0 radical (unpaired) electrons. The molecule has 23 heavy (non-hydrogen) atoms. The van der Waals surface area contributed by atoms with E-state index in [4.69, 9.17) is 0 Å². The highest BCUT2D eigenvalue weighted by atomic mass is 79.9. The van der Waals surface area contributed by atoms with Crippen LogP contribution in [0.4, 0.5) is 5.13 Å². The van der Waals surface area contributed by atoms with Crippen molar-refractivity contribution in [2.45, 2.75) is 6.42 Å².